The quantitative estimate of drug-likeness (QED) is 0.871. The van der Waals surface area contributed by atoms with Crippen LogP contribution in [-0.2, 0) is 19.9 Å². The molecule has 2 aliphatic rings. The summed E-state index contributed by atoms with van der Waals surface area (Å²) in [5.74, 6) is 0.863. The molecular weight excluding hydrogens is 276 g/mol. The molecule has 1 amide bonds. The summed E-state index contributed by atoms with van der Waals surface area (Å²) in [6, 6.07) is 0.570. The van der Waals surface area contributed by atoms with Crippen molar-refractivity contribution in [2.45, 2.75) is 51.5 Å². The van der Waals surface area contributed by atoms with Gasteiger partial charge in [-0.3, -0.25) is 14.4 Å². The third-order valence-electron chi connectivity index (χ3n) is 5.09. The number of amides is 1. The topological polar surface area (TPSA) is 50.2 Å². The molecule has 1 saturated carbocycles. The molecule has 0 bridgehead atoms. The maximum Gasteiger partial charge on any atom is 0.271 e. The fraction of sp³-hybridized carbons (Fsp3) is 0.765. The number of carbonyl (C=O) groups excluding carboxylic acids is 1. The van der Waals surface area contributed by atoms with Gasteiger partial charge in [0, 0.05) is 37.9 Å². The summed E-state index contributed by atoms with van der Waals surface area (Å²) in [7, 11) is 3.64. The SMILES string of the molecule is CCCN(CC1CC1)C1CCc2c(c(C(=O)NC)nn2C)C1. The lowest BCUT2D eigenvalue weighted by atomic mass is 9.90. The zero-order valence-electron chi connectivity index (χ0n) is 14.1. The Morgan fingerprint density at radius 3 is 2.82 bits per heavy atom. The average molecular weight is 304 g/mol. The van der Waals surface area contributed by atoms with Crippen LogP contribution in [0.2, 0.25) is 0 Å². The van der Waals surface area contributed by atoms with Crippen LogP contribution in [0.5, 0.6) is 0 Å². The summed E-state index contributed by atoms with van der Waals surface area (Å²) in [6.45, 7) is 4.67. The second kappa shape index (κ2) is 6.41. The number of hydrogen-bond donors (Lipinski definition) is 1. The summed E-state index contributed by atoms with van der Waals surface area (Å²) in [5.41, 5.74) is 3.06. The van der Waals surface area contributed by atoms with Crippen molar-refractivity contribution in [2.75, 3.05) is 20.1 Å². The van der Waals surface area contributed by atoms with Crippen LogP contribution in [0.25, 0.3) is 0 Å². The first-order valence-corrected chi connectivity index (χ1v) is 8.64. The van der Waals surface area contributed by atoms with Gasteiger partial charge in [-0.15, -0.1) is 0 Å². The molecule has 122 valence electrons. The molecule has 3 rings (SSSR count). The molecule has 0 radical (unpaired) electrons. The number of carbonyl (C=O) groups is 1. The lowest BCUT2D eigenvalue weighted by Gasteiger charge is -2.34. The van der Waals surface area contributed by atoms with Gasteiger partial charge < -0.3 is 5.32 Å². The van der Waals surface area contributed by atoms with Gasteiger partial charge in [0.05, 0.1) is 0 Å². The van der Waals surface area contributed by atoms with Crippen molar-refractivity contribution in [2.24, 2.45) is 13.0 Å². The van der Waals surface area contributed by atoms with Gasteiger partial charge in [-0.05, 0) is 51.0 Å². The first-order chi connectivity index (χ1) is 10.6. The predicted molar refractivity (Wildman–Crippen MR) is 87.0 cm³/mol. The smallest absolute Gasteiger partial charge is 0.271 e. The van der Waals surface area contributed by atoms with Gasteiger partial charge in [0.15, 0.2) is 5.69 Å². The Kier molecular flexibility index (Phi) is 4.52. The molecule has 1 N–H and O–H groups in total. The van der Waals surface area contributed by atoms with Crippen molar-refractivity contribution < 1.29 is 4.79 Å². The number of nitrogens with zero attached hydrogens (tertiary/aromatic N) is 3. The zero-order valence-corrected chi connectivity index (χ0v) is 14.1. The minimum atomic E-state index is -0.0539. The summed E-state index contributed by atoms with van der Waals surface area (Å²) in [6.07, 6.45) is 7.19. The molecule has 1 fully saturated rings. The predicted octanol–water partition coefficient (Wildman–Crippen LogP) is 1.76. The Hall–Kier alpha value is -1.36. The van der Waals surface area contributed by atoms with Crippen LogP contribution in [-0.4, -0.2) is 46.8 Å². The van der Waals surface area contributed by atoms with Crippen LogP contribution in [0.15, 0.2) is 0 Å². The highest BCUT2D eigenvalue weighted by Crippen LogP contribution is 2.33. The molecule has 1 aromatic heterocycles. The summed E-state index contributed by atoms with van der Waals surface area (Å²) < 4.78 is 1.90. The Morgan fingerprint density at radius 2 is 2.18 bits per heavy atom. The third kappa shape index (κ3) is 3.05. The molecule has 22 heavy (non-hydrogen) atoms. The van der Waals surface area contributed by atoms with E-state index >= 15 is 0 Å². The van der Waals surface area contributed by atoms with E-state index in [9.17, 15) is 4.79 Å². The largest absolute Gasteiger partial charge is 0.354 e. The first kappa shape index (κ1) is 15.5. The molecule has 2 aliphatic carbocycles. The molecule has 1 heterocycles. The van der Waals surface area contributed by atoms with Gasteiger partial charge in [0.2, 0.25) is 0 Å². The molecule has 0 aliphatic heterocycles. The number of rotatable bonds is 6. The van der Waals surface area contributed by atoms with Crippen molar-refractivity contribution in [1.29, 1.82) is 0 Å². The minimum absolute atomic E-state index is 0.0539. The minimum Gasteiger partial charge on any atom is -0.354 e. The van der Waals surface area contributed by atoms with E-state index < -0.39 is 0 Å². The molecule has 0 spiro atoms. The molecule has 1 aromatic rings. The molecule has 5 heteroatoms. The normalized spacial score (nSPS) is 21.0. The van der Waals surface area contributed by atoms with Gasteiger partial charge in [0.25, 0.3) is 5.91 Å². The van der Waals surface area contributed by atoms with Crippen LogP contribution in [0.4, 0.5) is 0 Å². The van der Waals surface area contributed by atoms with Gasteiger partial charge in [-0.1, -0.05) is 6.92 Å². The van der Waals surface area contributed by atoms with Gasteiger partial charge in [0.1, 0.15) is 0 Å². The fourth-order valence-corrected chi connectivity index (χ4v) is 3.73. The van der Waals surface area contributed by atoms with E-state index in [2.05, 4.69) is 22.2 Å². The Labute approximate surface area is 133 Å². The maximum absolute atomic E-state index is 12.1. The molecule has 1 atom stereocenters. The third-order valence-corrected chi connectivity index (χ3v) is 5.09. The number of aromatic nitrogens is 2. The highest BCUT2D eigenvalue weighted by Gasteiger charge is 2.33. The van der Waals surface area contributed by atoms with E-state index in [0.717, 1.165) is 18.8 Å². The average Bonchev–Trinajstić information content (AvgIpc) is 3.29. The standard InChI is InChI=1S/C17H28N4O/c1-4-9-21(11-12-5-6-12)13-7-8-15-14(10-13)16(17(22)18-2)19-20(15)3/h12-13H,4-11H2,1-3H3,(H,18,22). The van der Waals surface area contributed by atoms with E-state index in [-0.39, 0.29) is 5.91 Å². The number of fused-ring (bicyclic) bond motifs is 1. The highest BCUT2D eigenvalue weighted by molar-refractivity contribution is 5.93. The Bertz CT molecular complexity index is 547. The second-order valence-corrected chi connectivity index (χ2v) is 6.81. The van der Waals surface area contributed by atoms with Crippen LogP contribution >= 0.6 is 0 Å². The number of aryl methyl sites for hydroxylation is 1. The Morgan fingerprint density at radius 1 is 1.41 bits per heavy atom. The zero-order chi connectivity index (χ0) is 15.7. The van der Waals surface area contributed by atoms with Crippen molar-refractivity contribution in [1.82, 2.24) is 20.0 Å². The van der Waals surface area contributed by atoms with Crippen molar-refractivity contribution >= 4 is 5.91 Å². The van der Waals surface area contributed by atoms with Crippen molar-refractivity contribution in [3.8, 4) is 0 Å². The van der Waals surface area contributed by atoms with Gasteiger partial charge >= 0.3 is 0 Å². The molecular formula is C17H28N4O. The van der Waals surface area contributed by atoms with E-state index in [1.54, 1.807) is 7.05 Å². The maximum atomic E-state index is 12.1. The van der Waals surface area contributed by atoms with Crippen LogP contribution < -0.4 is 5.32 Å². The number of hydrogen-bond acceptors (Lipinski definition) is 3. The van der Waals surface area contributed by atoms with E-state index in [4.69, 9.17) is 0 Å². The molecule has 0 aromatic carbocycles. The molecule has 1 unspecified atom stereocenters. The van der Waals surface area contributed by atoms with E-state index in [1.807, 2.05) is 11.7 Å². The molecule has 0 saturated heterocycles. The van der Waals surface area contributed by atoms with Gasteiger partial charge in [-0.25, -0.2) is 0 Å². The lowest BCUT2D eigenvalue weighted by molar-refractivity contribution is 0.0955. The monoisotopic (exact) mass is 304 g/mol. The van der Waals surface area contributed by atoms with Crippen LogP contribution in [0.3, 0.4) is 0 Å². The van der Waals surface area contributed by atoms with Crippen LogP contribution in [0, 0.1) is 5.92 Å². The van der Waals surface area contributed by atoms with Crippen molar-refractivity contribution in [3.05, 3.63) is 17.0 Å². The van der Waals surface area contributed by atoms with E-state index in [0.29, 0.717) is 11.7 Å². The summed E-state index contributed by atoms with van der Waals surface area (Å²) in [4.78, 5) is 14.8. The van der Waals surface area contributed by atoms with Crippen molar-refractivity contribution in [3.63, 3.8) is 0 Å². The second-order valence-electron chi connectivity index (χ2n) is 6.81. The van der Waals surface area contributed by atoms with Gasteiger partial charge in [-0.2, -0.15) is 5.10 Å². The summed E-state index contributed by atoms with van der Waals surface area (Å²) >= 11 is 0. The number of nitrogens with one attached hydrogen (secondary N) is 1. The van der Waals surface area contributed by atoms with Crippen LogP contribution in [0.1, 0.15) is 54.4 Å². The highest BCUT2D eigenvalue weighted by atomic mass is 16.1. The fourth-order valence-electron chi connectivity index (χ4n) is 3.73. The van der Waals surface area contributed by atoms with E-state index in [1.165, 1.54) is 50.0 Å². The first-order valence-electron chi connectivity index (χ1n) is 8.64. The molecule has 5 nitrogen and oxygen atoms in total. The lowest BCUT2D eigenvalue weighted by Crippen LogP contribution is -2.41. The Balaban J connectivity index is 1.80. The summed E-state index contributed by atoms with van der Waals surface area (Å²) in [5, 5.41) is 7.19.